The quantitative estimate of drug-likeness (QED) is 0.159. The number of allylic oxidation sites excluding steroid dienone is 2. The zero-order valence-electron chi connectivity index (χ0n) is 23.4. The molecule has 0 spiro atoms. The molecule has 1 aromatic rings. The largest absolute Gasteiger partial charge is 0.504 e. The molecule has 0 radical (unpaired) electrons. The zero-order chi connectivity index (χ0) is 26.3. The van der Waals surface area contributed by atoms with Gasteiger partial charge in [-0.25, -0.2) is 0 Å². The van der Waals surface area contributed by atoms with Crippen LogP contribution in [0.3, 0.4) is 0 Å². The van der Waals surface area contributed by atoms with Crippen LogP contribution in [0.5, 0.6) is 11.5 Å². The average Bonchev–Trinajstić information content (AvgIpc) is 2.77. The third kappa shape index (κ3) is 15.2. The van der Waals surface area contributed by atoms with Gasteiger partial charge >= 0.3 is 0 Å². The van der Waals surface area contributed by atoms with Crippen molar-refractivity contribution in [1.29, 1.82) is 0 Å². The molecule has 0 saturated heterocycles. The summed E-state index contributed by atoms with van der Waals surface area (Å²) in [6, 6.07) is 5.13. The monoisotopic (exact) mass is 492 g/mol. The average molecular weight is 493 g/mol. The van der Waals surface area contributed by atoms with Gasteiger partial charge in [-0.15, -0.1) is 0 Å². The normalized spacial score (nSPS) is 14.4. The Morgan fingerprint density at radius 1 is 1.03 bits per heavy atom. The highest BCUT2D eigenvalue weighted by Gasteiger charge is 2.19. The van der Waals surface area contributed by atoms with E-state index < -0.39 is 6.10 Å². The number of aromatic hydroxyl groups is 1. The van der Waals surface area contributed by atoms with E-state index in [1.807, 2.05) is 0 Å². The van der Waals surface area contributed by atoms with Gasteiger partial charge in [-0.3, -0.25) is 0 Å². The molecule has 0 aromatic heterocycles. The first-order valence-corrected chi connectivity index (χ1v) is 13.4. The van der Waals surface area contributed by atoms with Crippen molar-refractivity contribution in [2.24, 2.45) is 11.8 Å². The number of phenolic OH excluding ortho intramolecular Hbond substituents is 1. The smallest absolute Gasteiger partial charge is 0.160 e. The standard InChI is InChI=1S/C30H52O5/c1-23(2)10-8-11-24(3)16-19-35-30(5,6)17-9-12-25(4)15-18-34-22-27(31)20-26-13-14-28(32)29(21-26)33-7/h10,13-14,21,24-25,27,31-32H,8-9,11-12,15-20,22H2,1-7H3. The summed E-state index contributed by atoms with van der Waals surface area (Å²) in [6.45, 7) is 15.1. The molecular weight excluding hydrogens is 440 g/mol. The molecule has 0 aliphatic carbocycles. The van der Waals surface area contributed by atoms with Crippen LogP contribution in [0.15, 0.2) is 29.8 Å². The molecule has 1 aromatic carbocycles. The second-order valence-corrected chi connectivity index (χ2v) is 11.1. The van der Waals surface area contributed by atoms with Gasteiger partial charge in [0.05, 0.1) is 25.4 Å². The highest BCUT2D eigenvalue weighted by atomic mass is 16.5. The summed E-state index contributed by atoms with van der Waals surface area (Å²) in [5.41, 5.74) is 2.24. The fourth-order valence-electron chi connectivity index (χ4n) is 4.11. The van der Waals surface area contributed by atoms with Gasteiger partial charge in [0.25, 0.3) is 0 Å². The number of hydrogen-bond acceptors (Lipinski definition) is 5. The van der Waals surface area contributed by atoms with Gasteiger partial charge in [0, 0.05) is 19.6 Å². The first-order chi connectivity index (χ1) is 16.5. The molecular formula is C30H52O5. The molecule has 0 heterocycles. The Bertz CT molecular complexity index is 723. The van der Waals surface area contributed by atoms with Crippen molar-refractivity contribution in [3.63, 3.8) is 0 Å². The van der Waals surface area contributed by atoms with Crippen LogP contribution in [-0.2, 0) is 15.9 Å². The lowest BCUT2D eigenvalue weighted by atomic mass is 9.95. The van der Waals surface area contributed by atoms with Crippen LogP contribution < -0.4 is 4.74 Å². The molecule has 35 heavy (non-hydrogen) atoms. The van der Waals surface area contributed by atoms with E-state index in [1.54, 1.807) is 18.2 Å². The van der Waals surface area contributed by atoms with Gasteiger partial charge in [0.2, 0.25) is 0 Å². The van der Waals surface area contributed by atoms with Crippen LogP contribution in [0, 0.1) is 11.8 Å². The molecule has 0 fully saturated rings. The molecule has 0 saturated carbocycles. The van der Waals surface area contributed by atoms with Crippen molar-refractivity contribution in [3.05, 3.63) is 35.4 Å². The molecule has 5 nitrogen and oxygen atoms in total. The molecule has 2 N–H and O–H groups in total. The summed E-state index contributed by atoms with van der Waals surface area (Å²) in [5, 5.41) is 19.9. The lowest BCUT2D eigenvalue weighted by Crippen LogP contribution is -2.25. The van der Waals surface area contributed by atoms with E-state index in [0.29, 0.717) is 37.2 Å². The number of aliphatic hydroxyl groups is 1. The lowest BCUT2D eigenvalue weighted by Gasteiger charge is -2.27. The van der Waals surface area contributed by atoms with E-state index >= 15 is 0 Å². The summed E-state index contributed by atoms with van der Waals surface area (Å²) in [7, 11) is 1.52. The number of rotatable bonds is 19. The van der Waals surface area contributed by atoms with Crippen molar-refractivity contribution in [2.75, 3.05) is 26.9 Å². The minimum Gasteiger partial charge on any atom is -0.504 e. The Hall–Kier alpha value is -1.56. The van der Waals surface area contributed by atoms with Crippen molar-refractivity contribution in [2.45, 2.75) is 105 Å². The first kappa shape index (κ1) is 31.5. The van der Waals surface area contributed by atoms with Crippen LogP contribution in [0.4, 0.5) is 0 Å². The van der Waals surface area contributed by atoms with Crippen molar-refractivity contribution >= 4 is 0 Å². The maximum atomic E-state index is 10.3. The molecule has 5 heteroatoms. The first-order valence-electron chi connectivity index (χ1n) is 13.4. The van der Waals surface area contributed by atoms with E-state index in [9.17, 15) is 10.2 Å². The number of methoxy groups -OCH3 is 1. The van der Waals surface area contributed by atoms with Crippen molar-refractivity contribution < 1.29 is 24.4 Å². The number of aliphatic hydroxyl groups excluding tert-OH is 1. The van der Waals surface area contributed by atoms with Gasteiger partial charge in [-0.2, -0.15) is 0 Å². The van der Waals surface area contributed by atoms with Crippen LogP contribution in [-0.4, -0.2) is 48.8 Å². The van der Waals surface area contributed by atoms with E-state index in [-0.39, 0.29) is 11.4 Å². The molecule has 202 valence electrons. The SMILES string of the molecule is COc1cc(CC(O)COCCC(C)CCCC(C)(C)OCCC(C)CCC=C(C)C)ccc1O. The van der Waals surface area contributed by atoms with Gasteiger partial charge in [0.1, 0.15) is 0 Å². The third-order valence-corrected chi connectivity index (χ3v) is 6.57. The van der Waals surface area contributed by atoms with E-state index in [4.69, 9.17) is 14.2 Å². The number of benzene rings is 1. The fourth-order valence-corrected chi connectivity index (χ4v) is 4.11. The van der Waals surface area contributed by atoms with Crippen LogP contribution in [0.2, 0.25) is 0 Å². The Morgan fingerprint density at radius 2 is 1.71 bits per heavy atom. The number of ether oxygens (including phenoxy) is 3. The van der Waals surface area contributed by atoms with E-state index in [2.05, 4.69) is 47.6 Å². The molecule has 3 unspecified atom stereocenters. The third-order valence-electron chi connectivity index (χ3n) is 6.57. The minimum atomic E-state index is -0.576. The summed E-state index contributed by atoms with van der Waals surface area (Å²) < 4.78 is 17.1. The van der Waals surface area contributed by atoms with Gasteiger partial charge in [-0.1, -0.05) is 44.4 Å². The highest BCUT2D eigenvalue weighted by molar-refractivity contribution is 5.41. The number of phenols is 1. The Balaban J connectivity index is 2.13. The molecule has 0 amide bonds. The minimum absolute atomic E-state index is 0.0726. The maximum Gasteiger partial charge on any atom is 0.160 e. The van der Waals surface area contributed by atoms with Gasteiger partial charge in [-0.05, 0) is 89.3 Å². The van der Waals surface area contributed by atoms with Gasteiger partial charge in [0.15, 0.2) is 11.5 Å². The summed E-state index contributed by atoms with van der Waals surface area (Å²) in [4.78, 5) is 0. The van der Waals surface area contributed by atoms with Crippen LogP contribution in [0.1, 0.15) is 92.1 Å². The predicted molar refractivity (Wildman–Crippen MR) is 145 cm³/mol. The van der Waals surface area contributed by atoms with Crippen molar-refractivity contribution in [3.8, 4) is 11.5 Å². The van der Waals surface area contributed by atoms with Crippen LogP contribution >= 0.6 is 0 Å². The molecule has 0 aliphatic heterocycles. The maximum absolute atomic E-state index is 10.3. The van der Waals surface area contributed by atoms with E-state index in [1.165, 1.54) is 25.5 Å². The van der Waals surface area contributed by atoms with Crippen molar-refractivity contribution in [1.82, 2.24) is 0 Å². The molecule has 1 rings (SSSR count). The highest BCUT2D eigenvalue weighted by Crippen LogP contribution is 2.27. The Labute approximate surface area is 214 Å². The molecule has 0 bridgehead atoms. The van der Waals surface area contributed by atoms with Crippen LogP contribution in [0.25, 0.3) is 0 Å². The molecule has 0 aliphatic rings. The summed E-state index contributed by atoms with van der Waals surface area (Å²) >= 11 is 0. The van der Waals surface area contributed by atoms with Gasteiger partial charge < -0.3 is 24.4 Å². The predicted octanol–water partition coefficient (Wildman–Crippen LogP) is 7.09. The second kappa shape index (κ2) is 17.0. The zero-order valence-corrected chi connectivity index (χ0v) is 23.4. The number of hydrogen-bond donors (Lipinski definition) is 2. The second-order valence-electron chi connectivity index (χ2n) is 11.1. The topological polar surface area (TPSA) is 68.2 Å². The summed E-state index contributed by atoms with van der Waals surface area (Å²) in [5.74, 6) is 1.80. The molecule has 3 atom stereocenters. The summed E-state index contributed by atoms with van der Waals surface area (Å²) in [6.07, 6.45) is 10.1. The van der Waals surface area contributed by atoms with E-state index in [0.717, 1.165) is 44.3 Å². The Kier molecular flexibility index (Phi) is 15.3. The Morgan fingerprint density at radius 3 is 2.40 bits per heavy atom. The lowest BCUT2D eigenvalue weighted by molar-refractivity contribution is -0.0308. The fraction of sp³-hybridized carbons (Fsp3) is 0.733.